The van der Waals surface area contributed by atoms with E-state index in [0.717, 1.165) is 19.3 Å². The molecule has 0 unspecified atom stereocenters. The summed E-state index contributed by atoms with van der Waals surface area (Å²) in [6.45, 7) is 0.230. The highest BCUT2D eigenvalue weighted by molar-refractivity contribution is 7.12. The van der Waals surface area contributed by atoms with Crippen molar-refractivity contribution in [2.24, 2.45) is 0 Å². The summed E-state index contributed by atoms with van der Waals surface area (Å²) in [6.07, 6.45) is 4.53. The molecule has 0 radical (unpaired) electrons. The zero-order valence-electron chi connectivity index (χ0n) is 13.5. The Hall–Kier alpha value is -1.98. The number of aliphatic hydroxyl groups is 1. The van der Waals surface area contributed by atoms with Gasteiger partial charge in [-0.15, -0.1) is 11.3 Å². The first kappa shape index (κ1) is 16.9. The third-order valence-corrected chi connectivity index (χ3v) is 5.39. The smallest absolute Gasteiger partial charge is 0.252 e. The third kappa shape index (κ3) is 3.74. The number of thiophene rings is 1. The van der Waals surface area contributed by atoms with Gasteiger partial charge in [-0.3, -0.25) is 9.59 Å². The lowest BCUT2D eigenvalue weighted by atomic mass is 9.85. The van der Waals surface area contributed by atoms with Crippen LogP contribution in [0.25, 0.3) is 0 Å². The minimum Gasteiger partial charge on any atom is -0.388 e. The molecule has 0 bridgehead atoms. The fourth-order valence-corrected chi connectivity index (χ4v) is 3.82. The molecule has 1 aliphatic carbocycles. The van der Waals surface area contributed by atoms with Gasteiger partial charge in [0.15, 0.2) is 0 Å². The maximum absolute atomic E-state index is 12.6. The quantitative estimate of drug-likeness (QED) is 0.818. The van der Waals surface area contributed by atoms with Gasteiger partial charge in [0.1, 0.15) is 0 Å². The number of rotatable bonds is 5. The molecule has 3 rings (SSSR count). The number of ketones is 1. The Morgan fingerprint density at radius 3 is 2.42 bits per heavy atom. The van der Waals surface area contributed by atoms with Crippen LogP contribution in [-0.2, 0) is 0 Å². The van der Waals surface area contributed by atoms with Crippen molar-refractivity contribution in [1.82, 2.24) is 5.32 Å². The summed E-state index contributed by atoms with van der Waals surface area (Å²) >= 11 is 1.36. The summed E-state index contributed by atoms with van der Waals surface area (Å²) in [5, 5.41) is 15.2. The molecule has 0 atom stereocenters. The minimum atomic E-state index is -0.819. The highest BCUT2D eigenvalue weighted by Gasteiger charge is 2.30. The second-order valence-electron chi connectivity index (χ2n) is 6.32. The zero-order chi connectivity index (χ0) is 17.0. The van der Waals surface area contributed by atoms with Gasteiger partial charge in [0.25, 0.3) is 5.91 Å². The van der Waals surface area contributed by atoms with Gasteiger partial charge in [-0.05, 0) is 30.4 Å². The molecule has 4 nitrogen and oxygen atoms in total. The summed E-state index contributed by atoms with van der Waals surface area (Å²) in [5.41, 5.74) is -0.0657. The average Bonchev–Trinajstić information content (AvgIpc) is 3.14. The molecule has 1 amide bonds. The maximum Gasteiger partial charge on any atom is 0.252 e. The fourth-order valence-electron chi connectivity index (χ4n) is 3.15. The van der Waals surface area contributed by atoms with Crippen molar-refractivity contribution in [3.63, 3.8) is 0 Å². The first-order chi connectivity index (χ1) is 11.6. The number of carbonyl (C=O) groups excluding carboxylic acids is 2. The predicted molar refractivity (Wildman–Crippen MR) is 94.6 cm³/mol. The molecule has 0 spiro atoms. The molecule has 1 heterocycles. The maximum atomic E-state index is 12.6. The molecule has 0 saturated heterocycles. The summed E-state index contributed by atoms with van der Waals surface area (Å²) in [5.74, 6) is -0.457. The van der Waals surface area contributed by atoms with Crippen LogP contribution in [0.5, 0.6) is 0 Å². The Labute approximate surface area is 145 Å². The third-order valence-electron chi connectivity index (χ3n) is 4.52. The normalized spacial score (nSPS) is 16.5. The van der Waals surface area contributed by atoms with E-state index in [1.165, 1.54) is 11.3 Å². The van der Waals surface area contributed by atoms with Crippen LogP contribution in [-0.4, -0.2) is 28.9 Å². The lowest BCUT2D eigenvalue weighted by Gasteiger charge is -2.32. The number of carbonyl (C=O) groups is 2. The van der Waals surface area contributed by atoms with E-state index in [2.05, 4.69) is 5.32 Å². The van der Waals surface area contributed by atoms with Crippen LogP contribution in [0.15, 0.2) is 41.8 Å². The van der Waals surface area contributed by atoms with E-state index in [4.69, 9.17) is 0 Å². The molecule has 0 aliphatic heterocycles. The zero-order valence-corrected chi connectivity index (χ0v) is 14.3. The molecule has 126 valence electrons. The number of amides is 1. The van der Waals surface area contributed by atoms with Crippen molar-refractivity contribution in [1.29, 1.82) is 0 Å². The number of benzene rings is 1. The van der Waals surface area contributed by atoms with Crippen LogP contribution in [0.1, 0.15) is 57.7 Å². The van der Waals surface area contributed by atoms with Gasteiger partial charge in [0.05, 0.1) is 16.0 Å². The number of nitrogens with one attached hydrogen (secondary N) is 1. The van der Waals surface area contributed by atoms with Crippen molar-refractivity contribution in [3.05, 3.63) is 57.8 Å². The number of hydrogen-bond acceptors (Lipinski definition) is 4. The van der Waals surface area contributed by atoms with E-state index in [-0.39, 0.29) is 18.2 Å². The Morgan fingerprint density at radius 2 is 1.75 bits per heavy atom. The summed E-state index contributed by atoms with van der Waals surface area (Å²) in [7, 11) is 0. The molecule has 1 saturated carbocycles. The van der Waals surface area contributed by atoms with Crippen molar-refractivity contribution in [2.45, 2.75) is 37.7 Å². The lowest BCUT2D eigenvalue weighted by Crippen LogP contribution is -2.44. The van der Waals surface area contributed by atoms with E-state index in [1.54, 1.807) is 30.3 Å². The molecule has 1 aromatic carbocycles. The highest BCUT2D eigenvalue weighted by Crippen LogP contribution is 2.27. The largest absolute Gasteiger partial charge is 0.388 e. The molecular formula is C19H21NO3S. The number of hydrogen-bond donors (Lipinski definition) is 2. The average molecular weight is 343 g/mol. The van der Waals surface area contributed by atoms with Gasteiger partial charge in [0, 0.05) is 12.1 Å². The molecule has 24 heavy (non-hydrogen) atoms. The van der Waals surface area contributed by atoms with Gasteiger partial charge in [-0.1, -0.05) is 43.5 Å². The van der Waals surface area contributed by atoms with E-state index in [9.17, 15) is 14.7 Å². The van der Waals surface area contributed by atoms with Crippen LogP contribution in [0.3, 0.4) is 0 Å². The van der Waals surface area contributed by atoms with Gasteiger partial charge in [0.2, 0.25) is 5.78 Å². The molecule has 1 aromatic heterocycles. The van der Waals surface area contributed by atoms with Gasteiger partial charge >= 0.3 is 0 Å². The molecule has 1 fully saturated rings. The van der Waals surface area contributed by atoms with Crippen LogP contribution in [0, 0.1) is 0 Å². The molecule has 5 heteroatoms. The Kier molecular flexibility index (Phi) is 5.11. The predicted octanol–water partition coefficient (Wildman–Crippen LogP) is 3.40. The molecule has 1 aliphatic rings. The fraction of sp³-hybridized carbons (Fsp3) is 0.368. The standard InChI is InChI=1S/C19H21NO3S/c21-17(16-9-6-12-24-16)14-7-2-3-8-15(14)18(22)20-13-19(23)10-4-1-5-11-19/h2-3,6-9,12,23H,1,4-5,10-11,13H2,(H,20,22). The first-order valence-electron chi connectivity index (χ1n) is 8.27. The van der Waals surface area contributed by atoms with E-state index >= 15 is 0 Å². The topological polar surface area (TPSA) is 66.4 Å². The van der Waals surface area contributed by atoms with Gasteiger partial charge in [-0.25, -0.2) is 0 Å². The summed E-state index contributed by atoms with van der Waals surface area (Å²) in [4.78, 5) is 25.7. The summed E-state index contributed by atoms with van der Waals surface area (Å²) < 4.78 is 0. The van der Waals surface area contributed by atoms with Gasteiger partial charge < -0.3 is 10.4 Å². The second-order valence-corrected chi connectivity index (χ2v) is 7.27. The van der Waals surface area contributed by atoms with Crippen molar-refractivity contribution >= 4 is 23.0 Å². The Bertz CT molecular complexity index is 718. The lowest BCUT2D eigenvalue weighted by molar-refractivity contribution is 0.00525. The first-order valence-corrected chi connectivity index (χ1v) is 9.15. The monoisotopic (exact) mass is 343 g/mol. The molecule has 2 aromatic rings. The minimum absolute atomic E-state index is 0.146. The summed E-state index contributed by atoms with van der Waals surface area (Å²) in [6, 6.07) is 10.4. The van der Waals surface area contributed by atoms with Crippen molar-refractivity contribution in [2.75, 3.05) is 6.54 Å². The van der Waals surface area contributed by atoms with Crippen molar-refractivity contribution in [3.8, 4) is 0 Å². The molecular weight excluding hydrogens is 322 g/mol. The van der Waals surface area contributed by atoms with Crippen LogP contribution < -0.4 is 5.32 Å². The van der Waals surface area contributed by atoms with E-state index in [0.29, 0.717) is 28.8 Å². The Morgan fingerprint density at radius 1 is 1.04 bits per heavy atom. The van der Waals surface area contributed by atoms with Crippen LogP contribution in [0.4, 0.5) is 0 Å². The van der Waals surface area contributed by atoms with Gasteiger partial charge in [-0.2, -0.15) is 0 Å². The van der Waals surface area contributed by atoms with Crippen molar-refractivity contribution < 1.29 is 14.7 Å². The van der Waals surface area contributed by atoms with Crippen LogP contribution >= 0.6 is 11.3 Å². The van der Waals surface area contributed by atoms with E-state index in [1.807, 2.05) is 11.4 Å². The van der Waals surface area contributed by atoms with E-state index < -0.39 is 5.60 Å². The molecule has 2 N–H and O–H groups in total. The highest BCUT2D eigenvalue weighted by atomic mass is 32.1. The SMILES string of the molecule is O=C(NCC1(O)CCCCC1)c1ccccc1C(=O)c1cccs1. The Balaban J connectivity index is 1.74. The van der Waals surface area contributed by atoms with Crippen LogP contribution in [0.2, 0.25) is 0 Å². The second kappa shape index (κ2) is 7.28.